The van der Waals surface area contributed by atoms with Gasteiger partial charge in [0.1, 0.15) is 12.3 Å². The number of carbonyl (C=O) groups is 3. The van der Waals surface area contributed by atoms with E-state index in [0.29, 0.717) is 11.4 Å². The van der Waals surface area contributed by atoms with E-state index in [4.69, 9.17) is 4.42 Å². The molecule has 0 aliphatic carbocycles. The summed E-state index contributed by atoms with van der Waals surface area (Å²) in [4.78, 5) is 37.6. The van der Waals surface area contributed by atoms with Crippen molar-refractivity contribution in [2.24, 2.45) is 0 Å². The molecular weight excluding hydrogens is 451 g/mol. The number of furan rings is 1. The molecule has 0 bridgehead atoms. The number of rotatable bonds is 7. The maximum atomic E-state index is 13.0. The van der Waals surface area contributed by atoms with Crippen molar-refractivity contribution in [1.29, 1.82) is 0 Å². The van der Waals surface area contributed by atoms with Crippen molar-refractivity contribution in [3.05, 3.63) is 72.0 Å². The van der Waals surface area contributed by atoms with E-state index in [2.05, 4.69) is 10.6 Å². The van der Waals surface area contributed by atoms with E-state index in [9.17, 15) is 27.6 Å². The Bertz CT molecular complexity index is 1190. The minimum atomic E-state index is -4.50. The van der Waals surface area contributed by atoms with Crippen molar-refractivity contribution in [3.8, 4) is 11.3 Å². The van der Waals surface area contributed by atoms with Gasteiger partial charge in [0, 0.05) is 30.4 Å². The summed E-state index contributed by atoms with van der Waals surface area (Å²) in [5, 5.41) is 5.28. The van der Waals surface area contributed by atoms with Gasteiger partial charge in [0.05, 0.1) is 5.56 Å². The van der Waals surface area contributed by atoms with Gasteiger partial charge in [-0.05, 0) is 55.5 Å². The molecule has 0 spiro atoms. The molecule has 0 fully saturated rings. The lowest BCUT2D eigenvalue weighted by Crippen LogP contribution is -2.37. The second-order valence-electron chi connectivity index (χ2n) is 7.37. The number of anilines is 2. The van der Waals surface area contributed by atoms with Gasteiger partial charge >= 0.3 is 6.18 Å². The molecule has 1 heterocycles. The molecule has 0 atom stereocenters. The molecule has 2 N–H and O–H groups in total. The van der Waals surface area contributed by atoms with E-state index in [0.717, 1.165) is 12.1 Å². The van der Waals surface area contributed by atoms with E-state index in [-0.39, 0.29) is 36.1 Å². The molecule has 3 aromatic rings. The van der Waals surface area contributed by atoms with Crippen molar-refractivity contribution in [2.45, 2.75) is 20.0 Å². The van der Waals surface area contributed by atoms with E-state index in [1.165, 1.54) is 36.1 Å². The Morgan fingerprint density at radius 1 is 0.941 bits per heavy atom. The topological polar surface area (TPSA) is 91.7 Å². The van der Waals surface area contributed by atoms with Crippen LogP contribution in [0.2, 0.25) is 0 Å². The summed E-state index contributed by atoms with van der Waals surface area (Å²) in [6.07, 6.45) is -4.50. The predicted octanol–water partition coefficient (Wildman–Crippen LogP) is 5.02. The number of carbonyl (C=O) groups excluding carboxylic acids is 3. The lowest BCUT2D eigenvalue weighted by molar-refractivity contribution is -0.137. The van der Waals surface area contributed by atoms with Gasteiger partial charge in [0.25, 0.3) is 5.91 Å². The summed E-state index contributed by atoms with van der Waals surface area (Å²) in [7, 11) is 0. The van der Waals surface area contributed by atoms with Crippen molar-refractivity contribution < 1.29 is 32.0 Å². The van der Waals surface area contributed by atoms with E-state index in [1.54, 1.807) is 31.2 Å². The van der Waals surface area contributed by atoms with E-state index >= 15 is 0 Å². The Balaban J connectivity index is 1.66. The molecule has 3 rings (SSSR count). The number of amides is 3. The highest BCUT2D eigenvalue weighted by Gasteiger charge is 2.30. The SMILES string of the molecule is CCN(CC(=O)Nc1ccc(NC(C)=O)cc1)C(=O)c1ccc(-c2cccc(C(F)(F)F)c2)o1. The molecule has 10 heteroatoms. The molecule has 3 amide bonds. The highest BCUT2D eigenvalue weighted by atomic mass is 19.4. The zero-order valence-corrected chi connectivity index (χ0v) is 18.4. The molecule has 0 saturated carbocycles. The van der Waals surface area contributed by atoms with Gasteiger partial charge in [-0.15, -0.1) is 0 Å². The van der Waals surface area contributed by atoms with Crippen LogP contribution in [0.15, 0.2) is 65.1 Å². The molecule has 34 heavy (non-hydrogen) atoms. The van der Waals surface area contributed by atoms with Gasteiger partial charge in [-0.3, -0.25) is 14.4 Å². The Kier molecular flexibility index (Phi) is 7.40. The monoisotopic (exact) mass is 473 g/mol. The zero-order valence-electron chi connectivity index (χ0n) is 18.4. The smallest absolute Gasteiger partial charge is 0.416 e. The first-order chi connectivity index (χ1) is 16.1. The number of benzene rings is 2. The minimum absolute atomic E-state index is 0.0956. The molecule has 178 valence electrons. The van der Waals surface area contributed by atoms with E-state index < -0.39 is 23.6 Å². The fraction of sp³-hybridized carbons (Fsp3) is 0.208. The van der Waals surface area contributed by atoms with Gasteiger partial charge in [0.15, 0.2) is 5.76 Å². The van der Waals surface area contributed by atoms with Gasteiger partial charge in [-0.1, -0.05) is 12.1 Å². The predicted molar refractivity (Wildman–Crippen MR) is 120 cm³/mol. The lowest BCUT2D eigenvalue weighted by Gasteiger charge is -2.19. The molecule has 0 radical (unpaired) electrons. The first-order valence-corrected chi connectivity index (χ1v) is 10.3. The number of nitrogens with zero attached hydrogens (tertiary/aromatic N) is 1. The third-order valence-corrected chi connectivity index (χ3v) is 4.78. The summed E-state index contributed by atoms with van der Waals surface area (Å²) in [5.41, 5.74) is 0.404. The first kappa shape index (κ1) is 24.6. The summed E-state index contributed by atoms with van der Waals surface area (Å²) in [6.45, 7) is 3.01. The van der Waals surface area contributed by atoms with Crippen molar-refractivity contribution in [2.75, 3.05) is 23.7 Å². The van der Waals surface area contributed by atoms with Crippen LogP contribution in [0.3, 0.4) is 0 Å². The lowest BCUT2D eigenvalue weighted by atomic mass is 10.1. The summed E-state index contributed by atoms with van der Waals surface area (Å²) in [6, 6.07) is 13.8. The molecule has 2 aromatic carbocycles. The van der Waals surface area contributed by atoms with Gasteiger partial charge < -0.3 is 20.0 Å². The van der Waals surface area contributed by atoms with Crippen LogP contribution in [0, 0.1) is 0 Å². The Morgan fingerprint density at radius 2 is 1.59 bits per heavy atom. The van der Waals surface area contributed by atoms with Crippen LogP contribution in [0.25, 0.3) is 11.3 Å². The standard InChI is InChI=1S/C24H22F3N3O4/c1-3-30(14-22(32)29-19-9-7-18(8-10-19)28-15(2)31)23(33)21-12-11-20(34-21)16-5-4-6-17(13-16)24(25,26)27/h4-13H,3,14H2,1-2H3,(H,28,31)(H,29,32). The van der Waals surface area contributed by atoms with Crippen LogP contribution >= 0.6 is 0 Å². The quantitative estimate of drug-likeness (QED) is 0.504. The molecular formula is C24H22F3N3O4. The number of halogens is 3. The van der Waals surface area contributed by atoms with E-state index in [1.807, 2.05) is 0 Å². The molecule has 0 saturated heterocycles. The third-order valence-electron chi connectivity index (χ3n) is 4.78. The number of nitrogens with one attached hydrogen (secondary N) is 2. The minimum Gasteiger partial charge on any atom is -0.451 e. The Labute approximate surface area is 193 Å². The van der Waals surface area contributed by atoms with Crippen molar-refractivity contribution >= 4 is 29.1 Å². The largest absolute Gasteiger partial charge is 0.451 e. The van der Waals surface area contributed by atoms with Crippen LogP contribution in [0.4, 0.5) is 24.5 Å². The number of likely N-dealkylation sites (N-methyl/N-ethyl adjacent to an activating group) is 1. The van der Waals surface area contributed by atoms with Gasteiger partial charge in [0.2, 0.25) is 11.8 Å². The maximum Gasteiger partial charge on any atom is 0.416 e. The highest BCUT2D eigenvalue weighted by Crippen LogP contribution is 2.32. The van der Waals surface area contributed by atoms with Gasteiger partial charge in [-0.2, -0.15) is 13.2 Å². The van der Waals surface area contributed by atoms with Crippen LogP contribution in [0.5, 0.6) is 0 Å². The zero-order chi connectivity index (χ0) is 24.9. The molecule has 1 aromatic heterocycles. The van der Waals surface area contributed by atoms with Crippen LogP contribution < -0.4 is 10.6 Å². The summed E-state index contributed by atoms with van der Waals surface area (Å²) < 4.78 is 44.4. The fourth-order valence-corrected chi connectivity index (χ4v) is 3.15. The van der Waals surface area contributed by atoms with Gasteiger partial charge in [-0.25, -0.2) is 0 Å². The second-order valence-corrected chi connectivity index (χ2v) is 7.37. The average Bonchev–Trinajstić information content (AvgIpc) is 3.28. The first-order valence-electron chi connectivity index (χ1n) is 10.3. The summed E-state index contributed by atoms with van der Waals surface area (Å²) >= 11 is 0. The van der Waals surface area contributed by atoms with Crippen LogP contribution in [0.1, 0.15) is 30.0 Å². The molecule has 0 aliphatic rings. The number of hydrogen-bond acceptors (Lipinski definition) is 4. The normalized spacial score (nSPS) is 11.1. The highest BCUT2D eigenvalue weighted by molar-refractivity contribution is 5.98. The average molecular weight is 473 g/mol. The molecule has 7 nitrogen and oxygen atoms in total. The summed E-state index contributed by atoms with van der Waals surface area (Å²) in [5.74, 6) is -1.23. The Morgan fingerprint density at radius 3 is 2.18 bits per heavy atom. The second kappa shape index (κ2) is 10.2. The van der Waals surface area contributed by atoms with Crippen LogP contribution in [-0.4, -0.2) is 35.7 Å². The van der Waals surface area contributed by atoms with Crippen molar-refractivity contribution in [1.82, 2.24) is 4.90 Å². The molecule has 0 aliphatic heterocycles. The number of alkyl halides is 3. The number of hydrogen-bond donors (Lipinski definition) is 2. The molecule has 0 unspecified atom stereocenters. The van der Waals surface area contributed by atoms with Crippen LogP contribution in [-0.2, 0) is 15.8 Å². The Hall–Kier alpha value is -4.08. The third kappa shape index (κ3) is 6.25. The fourth-order valence-electron chi connectivity index (χ4n) is 3.15. The maximum absolute atomic E-state index is 13.0. The van der Waals surface area contributed by atoms with Crippen molar-refractivity contribution in [3.63, 3.8) is 0 Å².